The highest BCUT2D eigenvalue weighted by molar-refractivity contribution is 5.79. The second-order valence-corrected chi connectivity index (χ2v) is 10.5. The van der Waals surface area contributed by atoms with Crippen LogP contribution in [-0.4, -0.2) is 52.6 Å². The Balaban J connectivity index is 1.20. The van der Waals surface area contributed by atoms with Gasteiger partial charge in [-0.25, -0.2) is 23.5 Å². The third kappa shape index (κ3) is 8.33. The van der Waals surface area contributed by atoms with E-state index in [2.05, 4.69) is 27.4 Å². The Morgan fingerprint density at radius 1 is 1.08 bits per heavy atom. The van der Waals surface area contributed by atoms with E-state index >= 15 is 0 Å². The zero-order valence-corrected chi connectivity index (χ0v) is 22.6. The molecule has 0 radical (unpaired) electrons. The van der Waals surface area contributed by atoms with Crippen molar-refractivity contribution < 1.29 is 18.3 Å². The Morgan fingerprint density at radius 3 is 2.66 bits per heavy atom. The number of nitrogens with zero attached hydrogens (tertiary/aromatic N) is 4. The summed E-state index contributed by atoms with van der Waals surface area (Å²) in [6.07, 6.45) is 12.8. The number of hydrogen-bond acceptors (Lipinski definition) is 7. The summed E-state index contributed by atoms with van der Waals surface area (Å²) in [6.45, 7) is 2.59. The molecule has 0 aromatic carbocycles. The van der Waals surface area contributed by atoms with Crippen molar-refractivity contribution in [2.75, 3.05) is 29.9 Å². The van der Waals surface area contributed by atoms with Crippen LogP contribution < -0.4 is 10.2 Å². The van der Waals surface area contributed by atoms with E-state index in [4.69, 9.17) is 9.72 Å². The van der Waals surface area contributed by atoms with Crippen LogP contribution in [0.1, 0.15) is 88.1 Å². The van der Waals surface area contributed by atoms with Gasteiger partial charge in [-0.2, -0.15) is 0 Å². The molecule has 0 bridgehead atoms. The van der Waals surface area contributed by atoms with Crippen LogP contribution in [0.15, 0.2) is 24.5 Å². The van der Waals surface area contributed by atoms with E-state index in [-0.39, 0.29) is 31.9 Å². The number of piperidine rings is 1. The Bertz CT molecular complexity index is 1040. The molecule has 1 aliphatic heterocycles. The number of anilines is 2. The second-order valence-electron chi connectivity index (χ2n) is 10.5. The number of halogens is 2. The molecular weight excluding hydrogens is 488 g/mol. The van der Waals surface area contributed by atoms with Gasteiger partial charge in [0.05, 0.1) is 6.61 Å². The standard InChI is InChI=1S/C29H41F2N5O2/c1-2-38-28(37)25(35-26-20-27(33-21-32-26)36-18-16-29(30,31)17-19-36)13-7-5-3-4-6-11-23-15-14-22-10-8-9-12-24(22)34-23/h14-15,20-21,25H,2-13,16-19H2,1H3,(H,32,33,35)/t25-/m0/s1. The van der Waals surface area contributed by atoms with Crippen molar-refractivity contribution >= 4 is 17.6 Å². The molecule has 38 heavy (non-hydrogen) atoms. The van der Waals surface area contributed by atoms with Crippen LogP contribution in [0, 0.1) is 0 Å². The summed E-state index contributed by atoms with van der Waals surface area (Å²) in [5, 5.41) is 3.20. The van der Waals surface area contributed by atoms with Crippen LogP contribution >= 0.6 is 0 Å². The van der Waals surface area contributed by atoms with Gasteiger partial charge in [0.15, 0.2) is 0 Å². The summed E-state index contributed by atoms with van der Waals surface area (Å²) in [7, 11) is 0. The summed E-state index contributed by atoms with van der Waals surface area (Å²) < 4.78 is 32.3. The summed E-state index contributed by atoms with van der Waals surface area (Å²) in [6, 6.07) is 5.68. The monoisotopic (exact) mass is 529 g/mol. The van der Waals surface area contributed by atoms with Crippen molar-refractivity contribution in [2.24, 2.45) is 0 Å². The number of aromatic nitrogens is 3. The molecule has 1 fully saturated rings. The van der Waals surface area contributed by atoms with Gasteiger partial charge in [0.25, 0.3) is 5.92 Å². The van der Waals surface area contributed by atoms with Gasteiger partial charge in [0.2, 0.25) is 0 Å². The van der Waals surface area contributed by atoms with E-state index in [9.17, 15) is 13.6 Å². The van der Waals surface area contributed by atoms with Gasteiger partial charge < -0.3 is 15.0 Å². The van der Waals surface area contributed by atoms with Gasteiger partial charge >= 0.3 is 5.97 Å². The first-order valence-corrected chi connectivity index (χ1v) is 14.3. The molecule has 1 N–H and O–H groups in total. The molecule has 0 saturated carbocycles. The van der Waals surface area contributed by atoms with E-state index in [1.54, 1.807) is 13.0 Å². The average Bonchev–Trinajstić information content (AvgIpc) is 2.92. The topological polar surface area (TPSA) is 80.2 Å². The molecule has 2 aromatic heterocycles. The largest absolute Gasteiger partial charge is 0.464 e. The summed E-state index contributed by atoms with van der Waals surface area (Å²) in [4.78, 5) is 27.8. The first-order chi connectivity index (χ1) is 18.4. The van der Waals surface area contributed by atoms with E-state index < -0.39 is 12.0 Å². The minimum absolute atomic E-state index is 0.185. The number of rotatable bonds is 13. The van der Waals surface area contributed by atoms with Crippen molar-refractivity contribution in [1.29, 1.82) is 0 Å². The quantitative estimate of drug-likeness (QED) is 0.255. The third-order valence-corrected chi connectivity index (χ3v) is 7.53. The molecule has 3 heterocycles. The first kappa shape index (κ1) is 28.2. The van der Waals surface area contributed by atoms with Crippen LogP contribution in [0.25, 0.3) is 0 Å². The molecule has 0 spiro atoms. The molecule has 2 aromatic rings. The fraction of sp³-hybridized carbons (Fsp3) is 0.655. The smallest absolute Gasteiger partial charge is 0.328 e. The Morgan fingerprint density at radius 2 is 1.84 bits per heavy atom. The maximum atomic E-state index is 13.5. The number of aryl methyl sites for hydroxylation is 3. The number of esters is 1. The van der Waals surface area contributed by atoms with E-state index in [1.807, 2.05) is 4.90 Å². The number of hydrogen-bond donors (Lipinski definition) is 1. The number of alkyl halides is 2. The lowest BCUT2D eigenvalue weighted by atomic mass is 9.95. The van der Waals surface area contributed by atoms with Crippen LogP contribution in [0.5, 0.6) is 0 Å². The zero-order valence-electron chi connectivity index (χ0n) is 22.6. The first-order valence-electron chi connectivity index (χ1n) is 14.3. The summed E-state index contributed by atoms with van der Waals surface area (Å²) >= 11 is 0. The number of ether oxygens (including phenoxy) is 1. The maximum Gasteiger partial charge on any atom is 0.328 e. The van der Waals surface area contributed by atoms with E-state index in [1.165, 1.54) is 42.5 Å². The molecule has 4 rings (SSSR count). The predicted octanol–water partition coefficient (Wildman–Crippen LogP) is 5.91. The van der Waals surface area contributed by atoms with Crippen molar-refractivity contribution in [3.63, 3.8) is 0 Å². The molecule has 1 saturated heterocycles. The normalized spacial score (nSPS) is 17.5. The van der Waals surface area contributed by atoms with Crippen molar-refractivity contribution in [2.45, 2.75) is 102 Å². The van der Waals surface area contributed by atoms with Gasteiger partial charge in [-0.15, -0.1) is 0 Å². The molecule has 1 aliphatic carbocycles. The number of fused-ring (bicyclic) bond motifs is 1. The van der Waals surface area contributed by atoms with Gasteiger partial charge in [0.1, 0.15) is 24.0 Å². The maximum absolute atomic E-state index is 13.5. The van der Waals surface area contributed by atoms with Crippen molar-refractivity contribution in [3.8, 4) is 0 Å². The highest BCUT2D eigenvalue weighted by Crippen LogP contribution is 2.30. The van der Waals surface area contributed by atoms with Crippen molar-refractivity contribution in [3.05, 3.63) is 41.5 Å². The number of unbranched alkanes of at least 4 members (excludes halogenated alkanes) is 4. The average molecular weight is 530 g/mol. The molecule has 0 amide bonds. The van der Waals surface area contributed by atoms with Gasteiger partial charge in [-0.1, -0.05) is 31.7 Å². The van der Waals surface area contributed by atoms with E-state index in [0.29, 0.717) is 24.7 Å². The fourth-order valence-corrected chi connectivity index (χ4v) is 5.28. The van der Waals surface area contributed by atoms with Crippen LogP contribution in [0.4, 0.5) is 20.4 Å². The van der Waals surface area contributed by atoms with Gasteiger partial charge in [-0.05, 0) is 63.5 Å². The Hall–Kier alpha value is -2.84. The number of carbonyl (C=O) groups excluding carboxylic acids is 1. The van der Waals surface area contributed by atoms with Gasteiger partial charge in [0, 0.05) is 43.4 Å². The van der Waals surface area contributed by atoms with Crippen LogP contribution in [0.3, 0.4) is 0 Å². The predicted molar refractivity (Wildman–Crippen MR) is 145 cm³/mol. The van der Waals surface area contributed by atoms with E-state index in [0.717, 1.165) is 44.9 Å². The lowest BCUT2D eigenvalue weighted by Gasteiger charge is -2.32. The molecule has 7 nitrogen and oxygen atoms in total. The molecule has 9 heteroatoms. The minimum Gasteiger partial charge on any atom is -0.464 e. The lowest BCUT2D eigenvalue weighted by molar-refractivity contribution is -0.144. The number of carbonyl (C=O) groups is 1. The third-order valence-electron chi connectivity index (χ3n) is 7.53. The second kappa shape index (κ2) is 13.8. The Labute approximate surface area is 224 Å². The molecule has 208 valence electrons. The molecule has 0 unspecified atom stereocenters. The SMILES string of the molecule is CCOC(=O)[C@H](CCCCCCCc1ccc2c(n1)CCCC2)Nc1cc(N2CCC(F)(F)CC2)ncn1. The molecule has 2 aliphatic rings. The van der Waals surface area contributed by atoms with Gasteiger partial charge in [-0.3, -0.25) is 4.98 Å². The Kier molecular flexibility index (Phi) is 10.2. The van der Waals surface area contributed by atoms with Crippen molar-refractivity contribution in [1.82, 2.24) is 15.0 Å². The highest BCUT2D eigenvalue weighted by atomic mass is 19.3. The lowest BCUT2D eigenvalue weighted by Crippen LogP contribution is -2.39. The summed E-state index contributed by atoms with van der Waals surface area (Å²) in [5.41, 5.74) is 3.94. The minimum atomic E-state index is -2.61. The molecule has 1 atom stereocenters. The van der Waals surface area contributed by atoms with Crippen LogP contribution in [-0.2, 0) is 28.8 Å². The number of nitrogens with one attached hydrogen (secondary N) is 1. The molecular formula is C29H41F2N5O2. The fourth-order valence-electron chi connectivity index (χ4n) is 5.28. The highest BCUT2D eigenvalue weighted by Gasteiger charge is 2.34. The number of pyridine rings is 1. The van der Waals surface area contributed by atoms with Crippen LogP contribution in [0.2, 0.25) is 0 Å². The zero-order chi connectivity index (χ0) is 26.8. The summed E-state index contributed by atoms with van der Waals surface area (Å²) in [5.74, 6) is -1.82.